The van der Waals surface area contributed by atoms with Crippen molar-refractivity contribution in [2.24, 2.45) is 17.6 Å². The number of cyclic esters (lactones) is 1. The van der Waals surface area contributed by atoms with E-state index in [0.717, 1.165) is 43.3 Å². The van der Waals surface area contributed by atoms with Crippen molar-refractivity contribution >= 4 is 17.8 Å². The smallest absolute Gasteiger partial charge is 0.404 e. The van der Waals surface area contributed by atoms with E-state index < -0.39 is 18.5 Å². The first kappa shape index (κ1) is 39.9. The Bertz CT molecular complexity index is 1130. The standard InChI is InChI=1S/C38H61NO9/c1-7-29(40)21-33(41)24(2)17-19-34-25(3)12-8-10-14-30(45-36-23-32(47-38(39)43)20-28(6)44-36)15-11-9-13-26(4)37-27(5)16-18-31(46-37)22-35(42)48-34/h10,13-14,16,24-25,28,30-34,36-37,41H,7-9,11-12,15,17-23H2,1-6H3,(H2,39,43)/b14-10+,26-13+/t24-,25-,28-,30?,31?,32?,33?,34?,36?,37?/m1/s1. The average molecular weight is 676 g/mol. The van der Waals surface area contributed by atoms with Crippen molar-refractivity contribution in [1.82, 2.24) is 0 Å². The van der Waals surface area contributed by atoms with E-state index >= 15 is 0 Å². The van der Waals surface area contributed by atoms with E-state index in [-0.39, 0.29) is 73.1 Å². The summed E-state index contributed by atoms with van der Waals surface area (Å²) < 4.78 is 30.4. The number of hydrogen-bond donors (Lipinski definition) is 2. The van der Waals surface area contributed by atoms with E-state index in [9.17, 15) is 19.5 Å². The number of ketones is 1. The number of fused-ring (bicyclic) bond motifs is 2. The summed E-state index contributed by atoms with van der Waals surface area (Å²) in [7, 11) is 0. The predicted molar refractivity (Wildman–Crippen MR) is 184 cm³/mol. The quantitative estimate of drug-likeness (QED) is 0.184. The lowest BCUT2D eigenvalue weighted by Gasteiger charge is -2.34. The largest absolute Gasteiger partial charge is 0.462 e. The lowest BCUT2D eigenvalue weighted by atomic mass is 9.89. The maximum absolute atomic E-state index is 13.3. The number of nitrogens with two attached hydrogens (primary N) is 1. The topological polar surface area (TPSA) is 144 Å². The van der Waals surface area contributed by atoms with Crippen molar-refractivity contribution in [1.29, 1.82) is 0 Å². The van der Waals surface area contributed by atoms with Gasteiger partial charge >= 0.3 is 12.1 Å². The molecule has 7 unspecified atom stereocenters. The fourth-order valence-corrected chi connectivity index (χ4v) is 6.79. The summed E-state index contributed by atoms with van der Waals surface area (Å²) in [6, 6.07) is 0. The molecule has 0 aliphatic carbocycles. The molecule has 1 amide bonds. The molecule has 2 bridgehead atoms. The minimum Gasteiger partial charge on any atom is -0.462 e. The molecule has 0 radical (unpaired) electrons. The third-order valence-corrected chi connectivity index (χ3v) is 9.91. The number of aliphatic hydroxyl groups is 1. The van der Waals surface area contributed by atoms with E-state index in [2.05, 4.69) is 45.1 Å². The van der Waals surface area contributed by atoms with Crippen molar-refractivity contribution < 1.29 is 43.2 Å². The van der Waals surface area contributed by atoms with Crippen LogP contribution in [0.25, 0.3) is 0 Å². The van der Waals surface area contributed by atoms with Crippen molar-refractivity contribution in [2.45, 2.75) is 174 Å². The fourth-order valence-electron chi connectivity index (χ4n) is 6.79. The number of ether oxygens (including phenoxy) is 5. The first-order valence-corrected chi connectivity index (χ1v) is 18.2. The first-order chi connectivity index (χ1) is 22.8. The Hall–Kier alpha value is -2.53. The van der Waals surface area contributed by atoms with E-state index in [1.165, 1.54) is 0 Å². The molecule has 0 aromatic carbocycles. The zero-order valence-corrected chi connectivity index (χ0v) is 30.1. The molecular weight excluding hydrogens is 614 g/mol. The van der Waals surface area contributed by atoms with Crippen LogP contribution in [0.4, 0.5) is 4.79 Å². The lowest BCUT2D eigenvalue weighted by Crippen LogP contribution is -2.40. The molecule has 0 aromatic heterocycles. The number of Topliss-reactive ketones (excluding diaryl/α,β-unsaturated/α-hetero) is 1. The van der Waals surface area contributed by atoms with Crippen molar-refractivity contribution in [3.8, 4) is 0 Å². The number of hydrogen-bond acceptors (Lipinski definition) is 9. The second-order valence-electron chi connectivity index (χ2n) is 14.2. The molecule has 0 spiro atoms. The van der Waals surface area contributed by atoms with Gasteiger partial charge in [0.05, 0.1) is 36.9 Å². The van der Waals surface area contributed by atoms with E-state index in [0.29, 0.717) is 38.5 Å². The summed E-state index contributed by atoms with van der Waals surface area (Å²) in [6.07, 6.45) is 12.9. The Morgan fingerprint density at radius 1 is 1.08 bits per heavy atom. The van der Waals surface area contributed by atoms with E-state index in [1.807, 2.05) is 13.8 Å². The number of allylic oxidation sites excluding steroid dienone is 2. The zero-order valence-electron chi connectivity index (χ0n) is 30.1. The number of carbonyl (C=O) groups excluding carboxylic acids is 3. The molecule has 3 N–H and O–H groups in total. The fraction of sp³-hybridized carbons (Fsp3) is 0.763. The van der Waals surface area contributed by atoms with E-state index in [4.69, 9.17) is 29.4 Å². The number of primary amides is 1. The van der Waals surface area contributed by atoms with Crippen molar-refractivity contribution in [3.05, 3.63) is 35.5 Å². The highest BCUT2D eigenvalue weighted by Crippen LogP contribution is 2.30. The highest BCUT2D eigenvalue weighted by Gasteiger charge is 2.32. The average Bonchev–Trinajstić information content (AvgIpc) is 3.02. The Balaban J connectivity index is 1.76. The van der Waals surface area contributed by atoms with Crippen LogP contribution in [0.15, 0.2) is 35.5 Å². The van der Waals surface area contributed by atoms with Gasteiger partial charge in [-0.05, 0) is 95.1 Å². The molecule has 0 aromatic rings. The molecule has 48 heavy (non-hydrogen) atoms. The molecule has 3 rings (SSSR count). The summed E-state index contributed by atoms with van der Waals surface area (Å²) in [4.78, 5) is 36.6. The molecule has 10 heteroatoms. The van der Waals surface area contributed by atoms with Gasteiger partial charge in [-0.15, -0.1) is 0 Å². The van der Waals surface area contributed by atoms with Gasteiger partial charge in [0.25, 0.3) is 0 Å². The van der Waals surface area contributed by atoms with Gasteiger partial charge in [-0.25, -0.2) is 4.79 Å². The number of rotatable bonds is 10. The molecule has 1 fully saturated rings. The summed E-state index contributed by atoms with van der Waals surface area (Å²) >= 11 is 0. The van der Waals surface area contributed by atoms with Crippen LogP contribution in [-0.2, 0) is 33.3 Å². The zero-order chi connectivity index (χ0) is 35.2. The van der Waals surface area contributed by atoms with E-state index in [1.54, 1.807) is 6.92 Å². The van der Waals surface area contributed by atoms with Gasteiger partial charge in [0.1, 0.15) is 18.0 Å². The van der Waals surface area contributed by atoms with Gasteiger partial charge in [-0.1, -0.05) is 45.1 Å². The molecule has 3 heterocycles. The first-order valence-electron chi connectivity index (χ1n) is 18.2. The van der Waals surface area contributed by atoms with Crippen LogP contribution in [0.1, 0.15) is 125 Å². The number of aliphatic hydroxyl groups excluding tert-OH is 1. The monoisotopic (exact) mass is 675 g/mol. The molecule has 10 atom stereocenters. The van der Waals surface area contributed by atoms with Gasteiger partial charge in [0, 0.05) is 25.7 Å². The van der Waals surface area contributed by atoms with Crippen LogP contribution in [0.2, 0.25) is 0 Å². The summed E-state index contributed by atoms with van der Waals surface area (Å²) in [5, 5.41) is 10.6. The highest BCUT2D eigenvalue weighted by atomic mass is 16.7. The minimum absolute atomic E-state index is 0.0444. The molecule has 1 saturated heterocycles. The number of esters is 1. The normalized spacial score (nSPS) is 34.2. The Morgan fingerprint density at radius 2 is 1.83 bits per heavy atom. The van der Waals surface area contributed by atoms with Gasteiger partial charge < -0.3 is 34.5 Å². The Kier molecular flexibility index (Phi) is 16.8. The van der Waals surface area contributed by atoms with Crippen LogP contribution in [-0.4, -0.2) is 72.0 Å². The number of carbonyl (C=O) groups is 3. The van der Waals surface area contributed by atoms with Crippen LogP contribution in [0, 0.1) is 11.8 Å². The van der Waals surface area contributed by atoms with Crippen LogP contribution in [0.5, 0.6) is 0 Å². The Morgan fingerprint density at radius 3 is 2.56 bits per heavy atom. The van der Waals surface area contributed by atoms with Crippen molar-refractivity contribution in [3.63, 3.8) is 0 Å². The molecule has 0 saturated carbocycles. The second kappa shape index (κ2) is 20.2. The van der Waals surface area contributed by atoms with Gasteiger partial charge in [0.15, 0.2) is 6.29 Å². The minimum atomic E-state index is -0.792. The van der Waals surface area contributed by atoms with Crippen LogP contribution < -0.4 is 5.73 Å². The summed E-state index contributed by atoms with van der Waals surface area (Å²) in [5.74, 6) is -0.256. The molecule has 3 aliphatic rings. The van der Waals surface area contributed by atoms with Crippen LogP contribution >= 0.6 is 0 Å². The number of amides is 1. The van der Waals surface area contributed by atoms with Gasteiger partial charge in [-0.3, -0.25) is 9.59 Å². The Labute approximate surface area is 287 Å². The molecule has 3 aliphatic heterocycles. The maximum atomic E-state index is 13.3. The van der Waals surface area contributed by atoms with Crippen molar-refractivity contribution in [2.75, 3.05) is 0 Å². The third kappa shape index (κ3) is 13.8. The van der Waals surface area contributed by atoms with Gasteiger partial charge in [-0.2, -0.15) is 0 Å². The van der Waals surface area contributed by atoms with Crippen LogP contribution in [0.3, 0.4) is 0 Å². The summed E-state index contributed by atoms with van der Waals surface area (Å²) in [6.45, 7) is 11.9. The molecular formula is C38H61NO9. The second-order valence-corrected chi connectivity index (χ2v) is 14.2. The highest BCUT2D eigenvalue weighted by molar-refractivity contribution is 5.78. The third-order valence-electron chi connectivity index (χ3n) is 9.91. The van der Waals surface area contributed by atoms with Gasteiger partial charge in [0.2, 0.25) is 0 Å². The SMILES string of the molecule is CCC(=O)CC(O)[C@H](C)CCC1OC(=O)CC2CC=C(C)C(O2)/C(C)=C/CCCC(OC2CC(OC(N)=O)C[C@@H](C)O2)/C=C/CC[C@H]1C. The molecule has 10 nitrogen and oxygen atoms in total. The molecule has 272 valence electrons. The maximum Gasteiger partial charge on any atom is 0.404 e. The predicted octanol–water partition coefficient (Wildman–Crippen LogP) is 7.02. The lowest BCUT2D eigenvalue weighted by molar-refractivity contribution is -0.222. The summed E-state index contributed by atoms with van der Waals surface area (Å²) in [5.41, 5.74) is 7.55.